The summed E-state index contributed by atoms with van der Waals surface area (Å²) in [4.78, 5) is 0. The number of fused-ring (bicyclic) bond motifs is 3. The number of nitrogens with zero attached hydrogens (tertiary/aromatic N) is 2. The molecule has 0 aliphatic heterocycles. The zero-order valence-electron chi connectivity index (χ0n) is 9.05. The average Bonchev–Trinajstić information content (AvgIpc) is 2.82. The first-order valence-electron chi connectivity index (χ1n) is 5.33. The summed E-state index contributed by atoms with van der Waals surface area (Å²) < 4.78 is 7.33. The van der Waals surface area contributed by atoms with E-state index >= 15 is 0 Å². The van der Waals surface area contributed by atoms with Gasteiger partial charge in [0.15, 0.2) is 0 Å². The summed E-state index contributed by atoms with van der Waals surface area (Å²) in [5.41, 5.74) is 7.80. The van der Waals surface area contributed by atoms with Gasteiger partial charge in [0.05, 0.1) is 24.5 Å². The number of rotatable bonds is 2. The zero-order valence-corrected chi connectivity index (χ0v) is 9.05. The van der Waals surface area contributed by atoms with Crippen LogP contribution in [-0.4, -0.2) is 15.8 Å². The molecule has 82 valence electrons. The quantitative estimate of drug-likeness (QED) is 0.712. The maximum Gasteiger partial charge on any atom is 0.136 e. The Morgan fingerprint density at radius 3 is 3.12 bits per heavy atom. The van der Waals surface area contributed by atoms with Crippen molar-refractivity contribution in [1.82, 2.24) is 9.78 Å². The first-order chi connectivity index (χ1) is 7.75. The molecular weight excluding hydrogens is 202 g/mol. The first kappa shape index (κ1) is 9.42. The summed E-state index contributed by atoms with van der Waals surface area (Å²) in [6.07, 6.45) is 3.57. The van der Waals surface area contributed by atoms with Crippen molar-refractivity contribution in [2.45, 2.75) is 19.5 Å². The normalized spacial score (nSPS) is 13.6. The van der Waals surface area contributed by atoms with Crippen molar-refractivity contribution in [3.63, 3.8) is 0 Å². The van der Waals surface area contributed by atoms with Crippen LogP contribution in [-0.2, 0) is 6.54 Å². The predicted octanol–water partition coefficient (Wildman–Crippen LogP) is 2.13. The number of furan rings is 1. The number of hydrogen-bond donors (Lipinski definition) is 1. The van der Waals surface area contributed by atoms with Gasteiger partial charge in [0.2, 0.25) is 0 Å². The Hall–Kier alpha value is -1.81. The van der Waals surface area contributed by atoms with E-state index in [1.54, 1.807) is 6.26 Å². The zero-order chi connectivity index (χ0) is 11.1. The second kappa shape index (κ2) is 3.35. The van der Waals surface area contributed by atoms with Gasteiger partial charge in [-0.3, -0.25) is 4.68 Å². The monoisotopic (exact) mass is 215 g/mol. The van der Waals surface area contributed by atoms with Crippen LogP contribution in [0, 0.1) is 0 Å². The summed E-state index contributed by atoms with van der Waals surface area (Å²) in [5, 5.41) is 6.57. The lowest BCUT2D eigenvalue weighted by atomic mass is 10.2. The molecular formula is C12H13N3O. The third kappa shape index (κ3) is 1.31. The number of hydrogen-bond acceptors (Lipinski definition) is 3. The van der Waals surface area contributed by atoms with Crippen molar-refractivity contribution in [3.8, 4) is 0 Å². The lowest BCUT2D eigenvalue weighted by molar-refractivity contribution is 0.554. The molecule has 0 fully saturated rings. The first-order valence-corrected chi connectivity index (χ1v) is 5.33. The molecule has 2 N–H and O–H groups in total. The minimum Gasteiger partial charge on any atom is -0.464 e. The molecule has 0 unspecified atom stereocenters. The van der Waals surface area contributed by atoms with Crippen LogP contribution in [0.1, 0.15) is 6.92 Å². The largest absolute Gasteiger partial charge is 0.464 e. The number of aromatic nitrogens is 2. The van der Waals surface area contributed by atoms with Gasteiger partial charge in [-0.15, -0.1) is 0 Å². The molecule has 0 saturated heterocycles. The van der Waals surface area contributed by atoms with E-state index in [4.69, 9.17) is 10.2 Å². The maximum atomic E-state index is 5.81. The highest BCUT2D eigenvalue weighted by Crippen LogP contribution is 2.25. The van der Waals surface area contributed by atoms with Crippen molar-refractivity contribution < 1.29 is 4.42 Å². The van der Waals surface area contributed by atoms with Crippen LogP contribution in [0.25, 0.3) is 21.9 Å². The summed E-state index contributed by atoms with van der Waals surface area (Å²) >= 11 is 0. The third-order valence-corrected chi connectivity index (χ3v) is 2.69. The fourth-order valence-electron chi connectivity index (χ4n) is 2.04. The maximum absolute atomic E-state index is 5.81. The number of nitrogens with two attached hydrogens (primary N) is 1. The average molecular weight is 215 g/mol. The van der Waals surface area contributed by atoms with E-state index in [1.807, 2.05) is 36.0 Å². The van der Waals surface area contributed by atoms with Gasteiger partial charge < -0.3 is 10.2 Å². The van der Waals surface area contributed by atoms with Gasteiger partial charge in [-0.05, 0) is 25.1 Å². The Bertz CT molecular complexity index is 636. The highest BCUT2D eigenvalue weighted by molar-refractivity contribution is 6.03. The minimum atomic E-state index is 0.0882. The van der Waals surface area contributed by atoms with Gasteiger partial charge in [0.25, 0.3) is 0 Å². The van der Waals surface area contributed by atoms with Crippen LogP contribution < -0.4 is 5.73 Å². The molecule has 3 aromatic rings. The van der Waals surface area contributed by atoms with E-state index in [0.29, 0.717) is 6.54 Å². The summed E-state index contributed by atoms with van der Waals surface area (Å²) in [5.74, 6) is 0. The Morgan fingerprint density at radius 1 is 1.44 bits per heavy atom. The van der Waals surface area contributed by atoms with Gasteiger partial charge in [-0.25, -0.2) is 0 Å². The Balaban J connectivity index is 2.32. The molecule has 4 heteroatoms. The lowest BCUT2D eigenvalue weighted by Crippen LogP contribution is -2.22. The van der Waals surface area contributed by atoms with E-state index in [0.717, 1.165) is 21.9 Å². The molecule has 4 nitrogen and oxygen atoms in total. The smallest absolute Gasteiger partial charge is 0.136 e. The molecule has 16 heavy (non-hydrogen) atoms. The molecule has 3 rings (SSSR count). The van der Waals surface area contributed by atoms with E-state index in [-0.39, 0.29) is 6.04 Å². The Labute approximate surface area is 92.6 Å². The van der Waals surface area contributed by atoms with Gasteiger partial charge in [-0.2, -0.15) is 5.10 Å². The molecule has 2 heterocycles. The number of benzene rings is 1. The van der Waals surface area contributed by atoms with Crippen molar-refractivity contribution in [2.75, 3.05) is 0 Å². The minimum absolute atomic E-state index is 0.0882. The topological polar surface area (TPSA) is 57.0 Å². The lowest BCUT2D eigenvalue weighted by Gasteiger charge is -2.06. The third-order valence-electron chi connectivity index (χ3n) is 2.69. The summed E-state index contributed by atoms with van der Waals surface area (Å²) in [7, 11) is 0. The van der Waals surface area contributed by atoms with E-state index in [2.05, 4.69) is 5.10 Å². The molecule has 1 aromatic carbocycles. The van der Waals surface area contributed by atoms with E-state index < -0.39 is 0 Å². The second-order valence-electron chi connectivity index (χ2n) is 4.14. The van der Waals surface area contributed by atoms with Gasteiger partial charge in [0, 0.05) is 16.8 Å². The van der Waals surface area contributed by atoms with Crippen molar-refractivity contribution in [3.05, 3.63) is 30.7 Å². The molecule has 0 saturated carbocycles. The Morgan fingerprint density at radius 2 is 2.31 bits per heavy atom. The van der Waals surface area contributed by atoms with E-state index in [9.17, 15) is 0 Å². The molecule has 0 aliphatic carbocycles. The van der Waals surface area contributed by atoms with Gasteiger partial charge >= 0.3 is 0 Å². The fourth-order valence-corrected chi connectivity index (χ4v) is 2.04. The predicted molar refractivity (Wildman–Crippen MR) is 63.2 cm³/mol. The van der Waals surface area contributed by atoms with Crippen molar-refractivity contribution in [1.29, 1.82) is 0 Å². The molecule has 0 bridgehead atoms. The molecule has 0 aliphatic rings. The molecule has 2 aromatic heterocycles. The molecule has 0 amide bonds. The summed E-state index contributed by atoms with van der Waals surface area (Å²) in [6, 6.07) is 6.04. The summed E-state index contributed by atoms with van der Waals surface area (Å²) in [6.45, 7) is 2.69. The standard InChI is InChI=1S/C12H13N3O/c1-8(13)7-15-12-9(6-14-15)2-3-11-10(12)4-5-16-11/h2-6,8H,7,13H2,1H3/t8-/m0/s1. The van der Waals surface area contributed by atoms with Gasteiger partial charge in [-0.1, -0.05) is 0 Å². The van der Waals surface area contributed by atoms with Gasteiger partial charge in [0.1, 0.15) is 5.58 Å². The van der Waals surface area contributed by atoms with Crippen LogP contribution in [0.3, 0.4) is 0 Å². The molecule has 0 spiro atoms. The van der Waals surface area contributed by atoms with Crippen LogP contribution >= 0.6 is 0 Å². The van der Waals surface area contributed by atoms with Crippen LogP contribution in [0.5, 0.6) is 0 Å². The molecule has 0 radical (unpaired) electrons. The SMILES string of the molecule is C[C@H](N)Cn1ncc2ccc3occc3c21. The highest BCUT2D eigenvalue weighted by Gasteiger charge is 2.09. The molecule has 1 atom stereocenters. The van der Waals surface area contributed by atoms with Crippen LogP contribution in [0.2, 0.25) is 0 Å². The fraction of sp³-hybridized carbons (Fsp3) is 0.250. The van der Waals surface area contributed by atoms with E-state index in [1.165, 1.54) is 0 Å². The highest BCUT2D eigenvalue weighted by atomic mass is 16.3. The van der Waals surface area contributed by atoms with Crippen LogP contribution in [0.4, 0.5) is 0 Å². The van der Waals surface area contributed by atoms with Crippen LogP contribution in [0.15, 0.2) is 35.1 Å². The van der Waals surface area contributed by atoms with Crippen molar-refractivity contribution in [2.24, 2.45) is 5.73 Å². The second-order valence-corrected chi connectivity index (χ2v) is 4.14. The van der Waals surface area contributed by atoms with Crippen molar-refractivity contribution >= 4 is 21.9 Å². The Kier molecular flexibility index (Phi) is 1.97.